The highest BCUT2D eigenvalue weighted by atomic mass is 32.2. The summed E-state index contributed by atoms with van der Waals surface area (Å²) >= 11 is 1.10. The molecule has 108 valence electrons. The van der Waals surface area contributed by atoms with E-state index < -0.39 is 4.92 Å². The van der Waals surface area contributed by atoms with Crippen molar-refractivity contribution in [3.63, 3.8) is 0 Å². The van der Waals surface area contributed by atoms with Gasteiger partial charge in [-0.05, 0) is 24.6 Å². The van der Waals surface area contributed by atoms with Crippen LogP contribution in [0.4, 0.5) is 5.69 Å². The summed E-state index contributed by atoms with van der Waals surface area (Å²) in [5.74, 6) is -0.0818. The molecule has 8 heteroatoms. The second-order valence-electron chi connectivity index (χ2n) is 4.12. The van der Waals surface area contributed by atoms with Crippen molar-refractivity contribution in [2.45, 2.75) is 16.8 Å². The van der Waals surface area contributed by atoms with Gasteiger partial charge in [-0.2, -0.15) is 0 Å². The highest BCUT2D eigenvalue weighted by Gasteiger charge is 2.18. The molecule has 0 unspecified atom stereocenters. The summed E-state index contributed by atoms with van der Waals surface area (Å²) in [5.41, 5.74) is 6.87. The Hall–Kier alpha value is -2.61. The molecule has 0 bridgehead atoms. The van der Waals surface area contributed by atoms with E-state index in [0.717, 1.165) is 17.3 Å². The zero-order chi connectivity index (χ0) is 15.4. The Kier molecular flexibility index (Phi) is 4.39. The molecular formula is C13H12N4O3S. The summed E-state index contributed by atoms with van der Waals surface area (Å²) in [4.78, 5) is 15.2. The summed E-state index contributed by atoms with van der Waals surface area (Å²) in [6.45, 7) is 1.79. The number of rotatable bonds is 4. The van der Waals surface area contributed by atoms with E-state index in [1.54, 1.807) is 37.4 Å². The number of nitrogens with zero attached hydrogens (tertiary/aromatic N) is 3. The van der Waals surface area contributed by atoms with Crippen LogP contribution in [-0.4, -0.2) is 21.0 Å². The zero-order valence-electron chi connectivity index (χ0n) is 11.1. The van der Waals surface area contributed by atoms with Crippen LogP contribution >= 0.6 is 11.8 Å². The highest BCUT2D eigenvalue weighted by molar-refractivity contribution is 7.99. The van der Waals surface area contributed by atoms with Crippen LogP contribution in [0.5, 0.6) is 0 Å². The Bertz CT molecular complexity index is 718. The second-order valence-corrected chi connectivity index (χ2v) is 5.15. The number of pyridine rings is 1. The number of nitrogens with two attached hydrogens (primary N) is 1. The van der Waals surface area contributed by atoms with Gasteiger partial charge in [-0.1, -0.05) is 29.1 Å². The van der Waals surface area contributed by atoms with Gasteiger partial charge in [0.25, 0.3) is 5.69 Å². The first-order valence-electron chi connectivity index (χ1n) is 5.89. The minimum Gasteiger partial charge on any atom is -0.409 e. The molecule has 0 spiro atoms. The maximum absolute atomic E-state index is 11.0. The number of amidine groups is 1. The van der Waals surface area contributed by atoms with E-state index in [2.05, 4.69) is 10.1 Å². The summed E-state index contributed by atoms with van der Waals surface area (Å²) in [6.07, 6.45) is 1.57. The lowest BCUT2D eigenvalue weighted by molar-refractivity contribution is -0.387. The molecule has 0 saturated heterocycles. The SMILES string of the molecule is Cc1ccnc(Sc2ccccc2[N+](=O)[O-])c1/C(N)=N/O. The molecule has 21 heavy (non-hydrogen) atoms. The third-order valence-electron chi connectivity index (χ3n) is 2.76. The summed E-state index contributed by atoms with van der Waals surface area (Å²) in [6, 6.07) is 8.06. The van der Waals surface area contributed by atoms with Crippen molar-refractivity contribution in [3.05, 3.63) is 57.8 Å². The molecule has 1 heterocycles. The minimum absolute atomic E-state index is 0.0173. The summed E-state index contributed by atoms with van der Waals surface area (Å²) < 4.78 is 0. The fraction of sp³-hybridized carbons (Fsp3) is 0.0769. The van der Waals surface area contributed by atoms with Gasteiger partial charge < -0.3 is 10.9 Å². The number of benzene rings is 1. The van der Waals surface area contributed by atoms with Crippen LogP contribution in [0.15, 0.2) is 51.6 Å². The molecule has 0 saturated carbocycles. The Morgan fingerprint density at radius 3 is 2.81 bits per heavy atom. The van der Waals surface area contributed by atoms with Gasteiger partial charge >= 0.3 is 0 Å². The lowest BCUT2D eigenvalue weighted by atomic mass is 10.1. The van der Waals surface area contributed by atoms with Crippen molar-refractivity contribution >= 4 is 23.3 Å². The van der Waals surface area contributed by atoms with E-state index in [9.17, 15) is 10.1 Å². The van der Waals surface area contributed by atoms with Crippen molar-refractivity contribution in [1.29, 1.82) is 0 Å². The molecule has 2 rings (SSSR count). The van der Waals surface area contributed by atoms with Crippen LogP contribution in [-0.2, 0) is 0 Å². The topological polar surface area (TPSA) is 115 Å². The van der Waals surface area contributed by atoms with E-state index in [4.69, 9.17) is 10.9 Å². The van der Waals surface area contributed by atoms with Crippen LogP contribution < -0.4 is 5.73 Å². The second kappa shape index (κ2) is 6.23. The summed E-state index contributed by atoms with van der Waals surface area (Å²) in [5, 5.41) is 23.3. The molecule has 0 amide bonds. The minimum atomic E-state index is -0.457. The average molecular weight is 304 g/mol. The van der Waals surface area contributed by atoms with Gasteiger partial charge in [-0.25, -0.2) is 4.98 Å². The average Bonchev–Trinajstić information content (AvgIpc) is 2.47. The summed E-state index contributed by atoms with van der Waals surface area (Å²) in [7, 11) is 0. The lowest BCUT2D eigenvalue weighted by Gasteiger charge is -2.09. The Labute approximate surface area is 124 Å². The standard InChI is InChI=1S/C13H12N4O3S/c1-8-6-7-15-13(11(8)12(14)16-18)21-10-5-3-2-4-9(10)17(19)20/h2-7,18H,1H3,(H2,14,16). The zero-order valence-corrected chi connectivity index (χ0v) is 11.9. The van der Waals surface area contributed by atoms with Crippen LogP contribution in [0.3, 0.4) is 0 Å². The predicted molar refractivity (Wildman–Crippen MR) is 78.7 cm³/mol. The van der Waals surface area contributed by atoms with E-state index in [1.165, 1.54) is 6.07 Å². The normalized spacial score (nSPS) is 11.4. The third kappa shape index (κ3) is 3.11. The molecular weight excluding hydrogens is 292 g/mol. The number of nitro benzene ring substituents is 1. The smallest absolute Gasteiger partial charge is 0.283 e. The van der Waals surface area contributed by atoms with Crippen molar-refractivity contribution in [3.8, 4) is 0 Å². The van der Waals surface area contributed by atoms with Crippen LogP contribution in [0.1, 0.15) is 11.1 Å². The first-order valence-corrected chi connectivity index (χ1v) is 6.71. The lowest BCUT2D eigenvalue weighted by Crippen LogP contribution is -2.16. The van der Waals surface area contributed by atoms with Gasteiger partial charge in [-0.15, -0.1) is 0 Å². The molecule has 1 aromatic heterocycles. The number of hydrogen-bond donors (Lipinski definition) is 2. The highest BCUT2D eigenvalue weighted by Crippen LogP contribution is 2.35. The molecule has 0 atom stereocenters. The van der Waals surface area contributed by atoms with Crippen LogP contribution in [0, 0.1) is 17.0 Å². The third-order valence-corrected chi connectivity index (χ3v) is 3.83. The number of oxime groups is 1. The van der Waals surface area contributed by atoms with Gasteiger partial charge in [0.1, 0.15) is 5.03 Å². The Morgan fingerprint density at radius 1 is 1.43 bits per heavy atom. The first kappa shape index (κ1) is 14.8. The fourth-order valence-corrected chi connectivity index (χ4v) is 2.85. The van der Waals surface area contributed by atoms with E-state index >= 15 is 0 Å². The van der Waals surface area contributed by atoms with E-state index in [1.807, 2.05) is 0 Å². The van der Waals surface area contributed by atoms with Crippen molar-refractivity contribution in [1.82, 2.24) is 4.98 Å². The molecule has 2 aromatic rings. The molecule has 0 aliphatic carbocycles. The van der Waals surface area contributed by atoms with E-state index in [0.29, 0.717) is 15.5 Å². The van der Waals surface area contributed by atoms with Crippen LogP contribution in [0.25, 0.3) is 0 Å². The maximum atomic E-state index is 11.0. The van der Waals surface area contributed by atoms with Gasteiger partial charge in [0.15, 0.2) is 5.84 Å². The predicted octanol–water partition coefficient (Wildman–Crippen LogP) is 2.54. The number of nitro groups is 1. The molecule has 0 radical (unpaired) electrons. The van der Waals surface area contributed by atoms with E-state index in [-0.39, 0.29) is 11.5 Å². The molecule has 0 aliphatic heterocycles. The maximum Gasteiger partial charge on any atom is 0.283 e. The van der Waals surface area contributed by atoms with Gasteiger partial charge in [0.05, 0.1) is 15.4 Å². The quantitative estimate of drug-likeness (QED) is 0.295. The van der Waals surface area contributed by atoms with Gasteiger partial charge in [0, 0.05) is 12.3 Å². The first-order chi connectivity index (χ1) is 10.0. The number of para-hydroxylation sites is 1. The molecule has 0 aliphatic rings. The van der Waals surface area contributed by atoms with Crippen molar-refractivity contribution in [2.75, 3.05) is 0 Å². The fourth-order valence-electron chi connectivity index (χ4n) is 1.77. The molecule has 3 N–H and O–H groups in total. The molecule has 0 fully saturated rings. The molecule has 7 nitrogen and oxygen atoms in total. The Morgan fingerprint density at radius 2 is 2.14 bits per heavy atom. The number of aryl methyl sites for hydroxylation is 1. The largest absolute Gasteiger partial charge is 0.409 e. The van der Waals surface area contributed by atoms with Crippen molar-refractivity contribution < 1.29 is 10.1 Å². The van der Waals surface area contributed by atoms with Crippen molar-refractivity contribution in [2.24, 2.45) is 10.9 Å². The van der Waals surface area contributed by atoms with Crippen LogP contribution in [0.2, 0.25) is 0 Å². The number of hydrogen-bond acceptors (Lipinski definition) is 6. The number of aromatic nitrogens is 1. The molecule has 1 aromatic carbocycles. The van der Waals surface area contributed by atoms with Gasteiger partial charge in [-0.3, -0.25) is 10.1 Å². The monoisotopic (exact) mass is 304 g/mol. The Balaban J connectivity index is 2.51. The van der Waals surface area contributed by atoms with Gasteiger partial charge in [0.2, 0.25) is 0 Å².